The Morgan fingerprint density at radius 3 is 2.24 bits per heavy atom. The van der Waals surface area contributed by atoms with E-state index in [4.69, 9.17) is 5.73 Å². The van der Waals surface area contributed by atoms with E-state index < -0.39 is 11.6 Å². The Balaban J connectivity index is 2.60. The van der Waals surface area contributed by atoms with Crippen LogP contribution < -0.4 is 5.73 Å². The second-order valence-electron chi connectivity index (χ2n) is 3.49. The lowest BCUT2D eigenvalue weighted by atomic mass is 10.2. The molecule has 0 atom stereocenters. The third-order valence-electron chi connectivity index (χ3n) is 2.16. The largest absolute Gasteiger partial charge is 0.383 e. The van der Waals surface area contributed by atoms with Crippen LogP contribution >= 0.6 is 22.6 Å². The molecule has 0 aliphatic heterocycles. The van der Waals surface area contributed by atoms with Crippen molar-refractivity contribution >= 4 is 28.4 Å². The molecule has 0 amide bonds. The van der Waals surface area contributed by atoms with E-state index in [9.17, 15) is 8.78 Å². The van der Waals surface area contributed by atoms with Gasteiger partial charge in [-0.25, -0.2) is 18.7 Å². The van der Waals surface area contributed by atoms with Crippen LogP contribution in [0.2, 0.25) is 0 Å². The summed E-state index contributed by atoms with van der Waals surface area (Å²) in [6.07, 6.45) is 0. The molecule has 6 heteroatoms. The average molecular weight is 347 g/mol. The highest BCUT2D eigenvalue weighted by molar-refractivity contribution is 14.1. The smallest absolute Gasteiger partial charge is 0.162 e. The van der Waals surface area contributed by atoms with E-state index in [2.05, 4.69) is 9.97 Å². The molecule has 0 aliphatic carbocycles. The molecule has 3 nitrogen and oxygen atoms in total. The van der Waals surface area contributed by atoms with Gasteiger partial charge in [-0.3, -0.25) is 0 Å². The number of anilines is 1. The highest BCUT2D eigenvalue weighted by atomic mass is 127. The van der Waals surface area contributed by atoms with Gasteiger partial charge in [-0.1, -0.05) is 0 Å². The van der Waals surface area contributed by atoms with Gasteiger partial charge < -0.3 is 5.73 Å². The fourth-order valence-corrected chi connectivity index (χ4v) is 1.63. The van der Waals surface area contributed by atoms with Crippen LogP contribution in [0.15, 0.2) is 18.2 Å². The maximum atomic E-state index is 13.1. The SMILES string of the molecule is Cc1nc(-c2cc(F)cc(F)c2)nc(N)c1I. The van der Waals surface area contributed by atoms with Crippen LogP contribution in [0.25, 0.3) is 11.4 Å². The van der Waals surface area contributed by atoms with E-state index in [0.29, 0.717) is 11.5 Å². The van der Waals surface area contributed by atoms with E-state index in [1.165, 1.54) is 12.1 Å². The van der Waals surface area contributed by atoms with Gasteiger partial charge in [0.05, 0.1) is 9.26 Å². The zero-order chi connectivity index (χ0) is 12.6. The van der Waals surface area contributed by atoms with Gasteiger partial charge in [0.15, 0.2) is 5.82 Å². The third kappa shape index (κ3) is 2.51. The van der Waals surface area contributed by atoms with Crippen molar-refractivity contribution < 1.29 is 8.78 Å². The van der Waals surface area contributed by atoms with Crippen molar-refractivity contribution in [1.82, 2.24) is 9.97 Å². The lowest BCUT2D eigenvalue weighted by molar-refractivity contribution is 0.584. The highest BCUT2D eigenvalue weighted by Gasteiger charge is 2.10. The summed E-state index contributed by atoms with van der Waals surface area (Å²) in [5.41, 5.74) is 6.64. The van der Waals surface area contributed by atoms with Crippen LogP contribution in [0.4, 0.5) is 14.6 Å². The Morgan fingerprint density at radius 1 is 1.12 bits per heavy atom. The normalized spacial score (nSPS) is 10.6. The summed E-state index contributed by atoms with van der Waals surface area (Å²) in [5.74, 6) is -0.812. The van der Waals surface area contributed by atoms with Crippen LogP contribution in [-0.2, 0) is 0 Å². The molecule has 0 aliphatic rings. The number of nitrogen functional groups attached to an aromatic ring is 1. The number of aryl methyl sites for hydroxylation is 1. The molecule has 2 rings (SSSR count). The fraction of sp³-hybridized carbons (Fsp3) is 0.0909. The second-order valence-corrected chi connectivity index (χ2v) is 4.57. The minimum Gasteiger partial charge on any atom is -0.383 e. The predicted molar refractivity (Wildman–Crippen MR) is 69.3 cm³/mol. The van der Waals surface area contributed by atoms with Crippen LogP contribution in [0.5, 0.6) is 0 Å². The molecule has 1 aromatic carbocycles. The van der Waals surface area contributed by atoms with Gasteiger partial charge in [-0.2, -0.15) is 0 Å². The third-order valence-corrected chi connectivity index (χ3v) is 3.50. The fourth-order valence-electron chi connectivity index (χ4n) is 1.39. The molecule has 2 aromatic rings. The second kappa shape index (κ2) is 4.52. The average Bonchev–Trinajstić information content (AvgIpc) is 2.23. The quantitative estimate of drug-likeness (QED) is 0.807. The zero-order valence-corrected chi connectivity index (χ0v) is 11.0. The molecule has 1 heterocycles. The summed E-state index contributed by atoms with van der Waals surface area (Å²) in [6, 6.07) is 3.14. The lowest BCUT2D eigenvalue weighted by Gasteiger charge is -2.06. The number of nitrogens with zero attached hydrogens (tertiary/aromatic N) is 2. The number of hydrogen-bond donors (Lipinski definition) is 1. The van der Waals surface area contributed by atoms with Crippen molar-refractivity contribution in [3.63, 3.8) is 0 Å². The molecule has 17 heavy (non-hydrogen) atoms. The Labute approximate surface area is 110 Å². The van der Waals surface area contributed by atoms with Crippen LogP contribution in [0.1, 0.15) is 5.69 Å². The van der Waals surface area contributed by atoms with E-state index in [1.807, 2.05) is 22.6 Å². The van der Waals surface area contributed by atoms with Gasteiger partial charge in [-0.05, 0) is 41.6 Å². The van der Waals surface area contributed by atoms with Gasteiger partial charge in [0.25, 0.3) is 0 Å². The number of hydrogen-bond acceptors (Lipinski definition) is 3. The summed E-state index contributed by atoms with van der Waals surface area (Å²) in [5, 5.41) is 0. The first kappa shape index (κ1) is 12.2. The molecular weight excluding hydrogens is 339 g/mol. The summed E-state index contributed by atoms with van der Waals surface area (Å²) >= 11 is 2.02. The molecule has 0 unspecified atom stereocenters. The first-order valence-electron chi connectivity index (χ1n) is 4.73. The predicted octanol–water partition coefficient (Wildman–Crippen LogP) is 2.92. The lowest BCUT2D eigenvalue weighted by Crippen LogP contribution is -2.02. The molecule has 0 radical (unpaired) electrons. The Morgan fingerprint density at radius 2 is 1.71 bits per heavy atom. The van der Waals surface area contributed by atoms with E-state index in [0.717, 1.165) is 9.64 Å². The van der Waals surface area contributed by atoms with Crippen molar-refractivity contribution in [2.24, 2.45) is 0 Å². The van der Waals surface area contributed by atoms with Crippen molar-refractivity contribution in [2.45, 2.75) is 6.92 Å². The van der Waals surface area contributed by atoms with Crippen molar-refractivity contribution in [2.75, 3.05) is 5.73 Å². The highest BCUT2D eigenvalue weighted by Crippen LogP contribution is 2.22. The van der Waals surface area contributed by atoms with Crippen molar-refractivity contribution in [3.8, 4) is 11.4 Å². The topological polar surface area (TPSA) is 51.8 Å². The van der Waals surface area contributed by atoms with Crippen molar-refractivity contribution in [3.05, 3.63) is 39.1 Å². The summed E-state index contributed by atoms with van der Waals surface area (Å²) in [4.78, 5) is 8.17. The number of benzene rings is 1. The Bertz CT molecular complexity index is 544. The van der Waals surface area contributed by atoms with Gasteiger partial charge in [0, 0.05) is 11.6 Å². The number of nitrogens with two attached hydrogens (primary N) is 1. The first-order valence-corrected chi connectivity index (χ1v) is 5.81. The standard InChI is InChI=1S/C11H8F2IN3/c1-5-9(14)10(15)17-11(16-5)6-2-7(12)4-8(13)3-6/h2-4H,1H3,(H2,15,16,17). The molecule has 0 spiro atoms. The van der Waals surface area contributed by atoms with Crippen LogP contribution in [0, 0.1) is 22.1 Å². The summed E-state index contributed by atoms with van der Waals surface area (Å²) < 4.78 is 26.9. The number of aromatic nitrogens is 2. The van der Waals surface area contributed by atoms with E-state index >= 15 is 0 Å². The Hall–Kier alpha value is -1.31. The number of halogens is 3. The molecule has 1 aromatic heterocycles. The summed E-state index contributed by atoms with van der Waals surface area (Å²) in [7, 11) is 0. The first-order chi connectivity index (χ1) is 7.97. The maximum absolute atomic E-state index is 13.1. The molecular formula is C11H8F2IN3. The minimum atomic E-state index is -0.668. The van der Waals surface area contributed by atoms with E-state index in [1.54, 1.807) is 6.92 Å². The van der Waals surface area contributed by atoms with Gasteiger partial charge in [0.2, 0.25) is 0 Å². The Kier molecular flexibility index (Phi) is 3.23. The van der Waals surface area contributed by atoms with Gasteiger partial charge in [0.1, 0.15) is 17.5 Å². The zero-order valence-electron chi connectivity index (χ0n) is 8.84. The summed E-state index contributed by atoms with van der Waals surface area (Å²) in [6.45, 7) is 1.76. The van der Waals surface area contributed by atoms with Crippen LogP contribution in [0.3, 0.4) is 0 Å². The molecule has 0 saturated carbocycles. The molecule has 0 saturated heterocycles. The molecule has 0 fully saturated rings. The maximum Gasteiger partial charge on any atom is 0.162 e. The number of rotatable bonds is 1. The van der Waals surface area contributed by atoms with Gasteiger partial charge >= 0.3 is 0 Å². The van der Waals surface area contributed by atoms with E-state index in [-0.39, 0.29) is 11.4 Å². The van der Waals surface area contributed by atoms with Crippen LogP contribution in [-0.4, -0.2) is 9.97 Å². The minimum absolute atomic E-state index is 0.221. The molecule has 0 bridgehead atoms. The van der Waals surface area contributed by atoms with Gasteiger partial charge in [-0.15, -0.1) is 0 Å². The monoisotopic (exact) mass is 347 g/mol. The van der Waals surface area contributed by atoms with Crippen molar-refractivity contribution in [1.29, 1.82) is 0 Å². The molecule has 2 N–H and O–H groups in total. The molecule has 88 valence electrons.